The van der Waals surface area contributed by atoms with Crippen LogP contribution in [0.15, 0.2) is 36.5 Å². The average Bonchev–Trinajstić information content (AvgIpc) is 2.40. The lowest BCUT2D eigenvalue weighted by molar-refractivity contribution is 0.0203. The van der Waals surface area contributed by atoms with E-state index in [1.54, 1.807) is 0 Å². The molecule has 114 valence electrons. The van der Waals surface area contributed by atoms with Crippen LogP contribution in [0.1, 0.15) is 47.0 Å². The van der Waals surface area contributed by atoms with E-state index in [2.05, 4.69) is 31.2 Å². The van der Waals surface area contributed by atoms with Crippen molar-refractivity contribution in [3.8, 4) is 0 Å². The van der Waals surface area contributed by atoms with Gasteiger partial charge in [-0.05, 0) is 32.1 Å². The van der Waals surface area contributed by atoms with E-state index < -0.39 is 6.16 Å². The summed E-state index contributed by atoms with van der Waals surface area (Å²) in [4.78, 5) is 11.3. The molecule has 0 radical (unpaired) electrons. The minimum atomic E-state index is -0.601. The van der Waals surface area contributed by atoms with Crippen molar-refractivity contribution in [1.29, 1.82) is 0 Å². The summed E-state index contributed by atoms with van der Waals surface area (Å²) in [5, 5.41) is 0. The lowest BCUT2D eigenvalue weighted by Gasteiger charge is -2.15. The molecule has 0 N–H and O–H groups in total. The molecule has 0 heterocycles. The SMILES string of the molecule is CC/C=C\C/C=C\C/C=C\COC(=O)OC(C)C(C)C. The summed E-state index contributed by atoms with van der Waals surface area (Å²) in [7, 11) is 0. The quantitative estimate of drug-likeness (QED) is 0.438. The standard InChI is InChI=1S/C17H28O3/c1-5-6-7-8-9-10-11-12-13-14-19-17(18)20-16(4)15(2)3/h6-7,9-10,12-13,15-16H,5,8,11,14H2,1-4H3/b7-6-,10-9-,13-12-. The van der Waals surface area contributed by atoms with Crippen molar-refractivity contribution < 1.29 is 14.3 Å². The van der Waals surface area contributed by atoms with Gasteiger partial charge < -0.3 is 9.47 Å². The van der Waals surface area contributed by atoms with Gasteiger partial charge in [0.2, 0.25) is 0 Å². The summed E-state index contributed by atoms with van der Waals surface area (Å²) in [6, 6.07) is 0. The summed E-state index contributed by atoms with van der Waals surface area (Å²) in [6.07, 6.45) is 14.5. The van der Waals surface area contributed by atoms with Gasteiger partial charge in [0.05, 0.1) is 0 Å². The number of ether oxygens (including phenoxy) is 2. The fourth-order valence-electron chi connectivity index (χ4n) is 1.21. The maximum absolute atomic E-state index is 11.3. The van der Waals surface area contributed by atoms with Crippen LogP contribution in [0.2, 0.25) is 0 Å². The molecule has 3 heteroatoms. The lowest BCUT2D eigenvalue weighted by atomic mass is 10.1. The predicted octanol–water partition coefficient (Wildman–Crippen LogP) is 5.04. The molecular weight excluding hydrogens is 252 g/mol. The fourth-order valence-corrected chi connectivity index (χ4v) is 1.21. The molecule has 0 aliphatic rings. The number of rotatable bonds is 9. The molecule has 0 aromatic heterocycles. The first kappa shape index (κ1) is 18.5. The number of carbonyl (C=O) groups is 1. The van der Waals surface area contributed by atoms with Gasteiger partial charge in [-0.3, -0.25) is 0 Å². The minimum Gasteiger partial charge on any atom is -0.431 e. The zero-order valence-electron chi connectivity index (χ0n) is 13.2. The van der Waals surface area contributed by atoms with Crippen LogP contribution in [0, 0.1) is 5.92 Å². The van der Waals surface area contributed by atoms with Crippen molar-refractivity contribution in [3.05, 3.63) is 36.5 Å². The van der Waals surface area contributed by atoms with E-state index in [4.69, 9.17) is 9.47 Å². The van der Waals surface area contributed by atoms with Crippen molar-refractivity contribution in [2.24, 2.45) is 5.92 Å². The monoisotopic (exact) mass is 280 g/mol. The second-order valence-electron chi connectivity index (χ2n) is 4.92. The Balaban J connectivity index is 3.61. The molecule has 1 atom stereocenters. The van der Waals surface area contributed by atoms with E-state index in [0.29, 0.717) is 5.92 Å². The van der Waals surface area contributed by atoms with Crippen LogP contribution in [-0.4, -0.2) is 18.9 Å². The highest BCUT2D eigenvalue weighted by molar-refractivity contribution is 5.60. The van der Waals surface area contributed by atoms with Crippen LogP contribution in [0.25, 0.3) is 0 Å². The van der Waals surface area contributed by atoms with Gasteiger partial charge in [0.25, 0.3) is 0 Å². The summed E-state index contributed by atoms with van der Waals surface area (Å²) in [5.41, 5.74) is 0. The molecule has 0 aliphatic heterocycles. The summed E-state index contributed by atoms with van der Waals surface area (Å²) >= 11 is 0. The molecule has 0 rings (SSSR count). The van der Waals surface area contributed by atoms with E-state index in [1.807, 2.05) is 32.9 Å². The third-order valence-electron chi connectivity index (χ3n) is 2.80. The average molecular weight is 280 g/mol. The highest BCUT2D eigenvalue weighted by Crippen LogP contribution is 2.06. The Morgan fingerprint density at radius 2 is 1.50 bits per heavy atom. The van der Waals surface area contributed by atoms with E-state index in [-0.39, 0.29) is 12.7 Å². The van der Waals surface area contributed by atoms with Crippen molar-refractivity contribution >= 4 is 6.16 Å². The van der Waals surface area contributed by atoms with Crippen LogP contribution in [0.5, 0.6) is 0 Å². The Labute approximate surface area is 123 Å². The first-order chi connectivity index (χ1) is 9.57. The molecular formula is C17H28O3. The molecule has 0 saturated carbocycles. The number of allylic oxidation sites excluding steroid dienone is 5. The van der Waals surface area contributed by atoms with E-state index in [9.17, 15) is 4.79 Å². The molecule has 1 unspecified atom stereocenters. The predicted molar refractivity (Wildman–Crippen MR) is 83.7 cm³/mol. The molecule has 0 spiro atoms. The smallest absolute Gasteiger partial charge is 0.431 e. The first-order valence-electron chi connectivity index (χ1n) is 7.36. The van der Waals surface area contributed by atoms with Gasteiger partial charge in [-0.25, -0.2) is 4.79 Å². The van der Waals surface area contributed by atoms with Gasteiger partial charge in [0.15, 0.2) is 0 Å². The number of carbonyl (C=O) groups excluding carboxylic acids is 1. The van der Waals surface area contributed by atoms with Crippen LogP contribution >= 0.6 is 0 Å². The van der Waals surface area contributed by atoms with Gasteiger partial charge in [0.1, 0.15) is 12.7 Å². The van der Waals surface area contributed by atoms with E-state index in [0.717, 1.165) is 19.3 Å². The van der Waals surface area contributed by atoms with Crippen molar-refractivity contribution in [3.63, 3.8) is 0 Å². The molecule has 0 aromatic carbocycles. The highest BCUT2D eigenvalue weighted by Gasteiger charge is 2.13. The van der Waals surface area contributed by atoms with Crippen LogP contribution in [0.3, 0.4) is 0 Å². The van der Waals surface area contributed by atoms with Crippen LogP contribution in [0.4, 0.5) is 4.79 Å². The number of hydrogen-bond acceptors (Lipinski definition) is 3. The first-order valence-corrected chi connectivity index (χ1v) is 7.36. The van der Waals surface area contributed by atoms with Gasteiger partial charge in [-0.2, -0.15) is 0 Å². The third kappa shape index (κ3) is 11.6. The molecule has 0 bridgehead atoms. The van der Waals surface area contributed by atoms with Gasteiger partial charge in [0, 0.05) is 0 Å². The van der Waals surface area contributed by atoms with Gasteiger partial charge in [-0.15, -0.1) is 0 Å². The zero-order valence-corrected chi connectivity index (χ0v) is 13.2. The van der Waals surface area contributed by atoms with Crippen LogP contribution < -0.4 is 0 Å². The molecule has 0 aromatic rings. The van der Waals surface area contributed by atoms with Crippen molar-refractivity contribution in [2.45, 2.75) is 53.1 Å². The second-order valence-corrected chi connectivity index (χ2v) is 4.92. The Bertz CT molecular complexity index is 327. The van der Waals surface area contributed by atoms with Gasteiger partial charge >= 0.3 is 6.16 Å². The molecule has 0 aliphatic carbocycles. The lowest BCUT2D eigenvalue weighted by Crippen LogP contribution is -2.20. The molecule has 0 fully saturated rings. The van der Waals surface area contributed by atoms with Crippen molar-refractivity contribution in [2.75, 3.05) is 6.61 Å². The fraction of sp³-hybridized carbons (Fsp3) is 0.588. The minimum absolute atomic E-state index is 0.120. The van der Waals surface area contributed by atoms with Crippen molar-refractivity contribution in [1.82, 2.24) is 0 Å². The molecule has 20 heavy (non-hydrogen) atoms. The zero-order chi connectivity index (χ0) is 15.2. The third-order valence-corrected chi connectivity index (χ3v) is 2.80. The largest absolute Gasteiger partial charge is 0.508 e. The summed E-state index contributed by atoms with van der Waals surface area (Å²) in [6.45, 7) is 8.24. The second kappa shape index (κ2) is 12.5. The van der Waals surface area contributed by atoms with Crippen LogP contribution in [-0.2, 0) is 9.47 Å². The molecule has 3 nitrogen and oxygen atoms in total. The Morgan fingerprint density at radius 1 is 0.950 bits per heavy atom. The summed E-state index contributed by atoms with van der Waals surface area (Å²) in [5.74, 6) is 0.296. The normalized spacial score (nSPS) is 13.7. The van der Waals surface area contributed by atoms with Gasteiger partial charge in [-0.1, -0.05) is 57.2 Å². The maximum Gasteiger partial charge on any atom is 0.508 e. The Kier molecular flexibility index (Phi) is 11.6. The summed E-state index contributed by atoms with van der Waals surface area (Å²) < 4.78 is 10.0. The maximum atomic E-state index is 11.3. The topological polar surface area (TPSA) is 35.5 Å². The Morgan fingerprint density at radius 3 is 2.05 bits per heavy atom. The highest BCUT2D eigenvalue weighted by atomic mass is 16.7. The van der Waals surface area contributed by atoms with E-state index >= 15 is 0 Å². The molecule has 0 saturated heterocycles. The number of hydrogen-bond donors (Lipinski definition) is 0. The molecule has 0 amide bonds. The Hall–Kier alpha value is -1.51. The van der Waals surface area contributed by atoms with E-state index in [1.165, 1.54) is 0 Å².